The maximum absolute atomic E-state index is 13.0. The second-order valence-corrected chi connectivity index (χ2v) is 7.75. The molecule has 1 aromatic heterocycles. The zero-order valence-electron chi connectivity index (χ0n) is 16.5. The summed E-state index contributed by atoms with van der Waals surface area (Å²) in [5, 5.41) is 7.17. The highest BCUT2D eigenvalue weighted by Gasteiger charge is 2.10. The molecular weight excluding hydrogens is 461 g/mol. The maximum Gasteiger partial charge on any atom is 0.256 e. The molecule has 3 aromatic carbocycles. The van der Waals surface area contributed by atoms with Gasteiger partial charge >= 0.3 is 0 Å². The van der Waals surface area contributed by atoms with Crippen molar-refractivity contribution < 1.29 is 13.9 Å². The van der Waals surface area contributed by atoms with Crippen molar-refractivity contribution >= 4 is 27.7 Å². The van der Waals surface area contributed by atoms with Crippen LogP contribution in [0.4, 0.5) is 10.2 Å². The molecule has 0 aliphatic rings. The molecule has 5 nitrogen and oxygen atoms in total. The minimum atomic E-state index is -0.277. The fourth-order valence-corrected chi connectivity index (χ4v) is 3.41. The van der Waals surface area contributed by atoms with Crippen LogP contribution in [0.1, 0.15) is 21.5 Å². The average Bonchev–Trinajstić information content (AvgIpc) is 3.21. The lowest BCUT2D eigenvalue weighted by Crippen LogP contribution is -2.13. The predicted molar refractivity (Wildman–Crippen MR) is 121 cm³/mol. The molecule has 0 aliphatic carbocycles. The number of rotatable bonds is 7. The van der Waals surface area contributed by atoms with Gasteiger partial charge in [0.05, 0.1) is 11.0 Å². The van der Waals surface area contributed by atoms with Crippen molar-refractivity contribution in [1.82, 2.24) is 9.78 Å². The van der Waals surface area contributed by atoms with Crippen LogP contribution in [0.3, 0.4) is 0 Å². The van der Waals surface area contributed by atoms with E-state index >= 15 is 0 Å². The van der Waals surface area contributed by atoms with Crippen molar-refractivity contribution in [2.24, 2.45) is 0 Å². The summed E-state index contributed by atoms with van der Waals surface area (Å²) in [6, 6.07) is 22.8. The van der Waals surface area contributed by atoms with Gasteiger partial charge in [0.15, 0.2) is 5.82 Å². The molecule has 1 heterocycles. The van der Waals surface area contributed by atoms with Gasteiger partial charge in [-0.1, -0.05) is 36.4 Å². The first-order valence-electron chi connectivity index (χ1n) is 9.62. The summed E-state index contributed by atoms with van der Waals surface area (Å²) in [7, 11) is 0. The second-order valence-electron chi connectivity index (χ2n) is 6.90. The summed E-state index contributed by atoms with van der Waals surface area (Å²) in [6.07, 6.45) is 1.76. The van der Waals surface area contributed by atoms with Crippen LogP contribution in [0.15, 0.2) is 89.5 Å². The highest BCUT2D eigenvalue weighted by Crippen LogP contribution is 2.24. The van der Waals surface area contributed by atoms with E-state index in [9.17, 15) is 9.18 Å². The number of halogens is 2. The minimum absolute atomic E-state index is 0.255. The van der Waals surface area contributed by atoms with Crippen LogP contribution in [0.5, 0.6) is 5.75 Å². The lowest BCUT2D eigenvalue weighted by molar-refractivity contribution is 0.102. The van der Waals surface area contributed by atoms with E-state index < -0.39 is 0 Å². The van der Waals surface area contributed by atoms with E-state index in [-0.39, 0.29) is 11.7 Å². The predicted octanol–water partition coefficient (Wildman–Crippen LogP) is 5.66. The Morgan fingerprint density at radius 1 is 1.00 bits per heavy atom. The van der Waals surface area contributed by atoms with Crippen LogP contribution in [0.2, 0.25) is 0 Å². The third-order valence-electron chi connectivity index (χ3n) is 4.56. The van der Waals surface area contributed by atoms with Crippen molar-refractivity contribution in [2.75, 3.05) is 5.32 Å². The Labute approximate surface area is 187 Å². The second kappa shape index (κ2) is 9.57. The molecule has 0 aliphatic heterocycles. The van der Waals surface area contributed by atoms with Crippen LogP contribution in [0, 0.1) is 5.82 Å². The fourth-order valence-electron chi connectivity index (χ4n) is 3.01. The molecule has 0 unspecified atom stereocenters. The topological polar surface area (TPSA) is 56.2 Å². The third-order valence-corrected chi connectivity index (χ3v) is 5.22. The largest absolute Gasteiger partial charge is 0.488 e. The van der Waals surface area contributed by atoms with Crippen molar-refractivity contribution in [3.63, 3.8) is 0 Å². The molecular formula is C24H19BrFN3O2. The summed E-state index contributed by atoms with van der Waals surface area (Å²) in [5.41, 5.74) is 2.31. The van der Waals surface area contributed by atoms with Gasteiger partial charge in [0.2, 0.25) is 0 Å². The Kier molecular flexibility index (Phi) is 6.43. The first-order valence-corrected chi connectivity index (χ1v) is 10.4. The molecule has 0 fully saturated rings. The summed E-state index contributed by atoms with van der Waals surface area (Å²) in [5.74, 6) is 0.655. The average molecular weight is 480 g/mol. The Hall–Kier alpha value is -3.45. The quantitative estimate of drug-likeness (QED) is 0.371. The van der Waals surface area contributed by atoms with Gasteiger partial charge in [0.25, 0.3) is 5.91 Å². The van der Waals surface area contributed by atoms with E-state index in [1.165, 1.54) is 12.1 Å². The smallest absolute Gasteiger partial charge is 0.256 e. The van der Waals surface area contributed by atoms with Gasteiger partial charge in [-0.3, -0.25) is 9.48 Å². The number of carbonyl (C=O) groups excluding carboxylic acids is 1. The number of carbonyl (C=O) groups is 1. The Morgan fingerprint density at radius 3 is 2.61 bits per heavy atom. The molecule has 7 heteroatoms. The molecule has 4 aromatic rings. The zero-order chi connectivity index (χ0) is 21.6. The normalized spacial score (nSPS) is 10.6. The van der Waals surface area contributed by atoms with Gasteiger partial charge in [0, 0.05) is 17.8 Å². The molecule has 1 N–H and O–H groups in total. The molecule has 0 spiro atoms. The minimum Gasteiger partial charge on any atom is -0.488 e. The highest BCUT2D eigenvalue weighted by atomic mass is 79.9. The van der Waals surface area contributed by atoms with E-state index in [4.69, 9.17) is 4.74 Å². The van der Waals surface area contributed by atoms with Crippen LogP contribution in [0.25, 0.3) is 0 Å². The molecule has 4 rings (SSSR count). The van der Waals surface area contributed by atoms with Gasteiger partial charge in [0.1, 0.15) is 18.2 Å². The number of benzene rings is 3. The number of para-hydroxylation sites is 1. The van der Waals surface area contributed by atoms with Crippen LogP contribution >= 0.6 is 15.9 Å². The molecule has 0 saturated carbocycles. The monoisotopic (exact) mass is 479 g/mol. The number of amides is 1. The van der Waals surface area contributed by atoms with E-state index in [2.05, 4.69) is 26.3 Å². The van der Waals surface area contributed by atoms with Gasteiger partial charge in [-0.05, 0) is 63.5 Å². The van der Waals surface area contributed by atoms with Crippen molar-refractivity contribution in [2.45, 2.75) is 13.2 Å². The van der Waals surface area contributed by atoms with Crippen molar-refractivity contribution in [3.05, 3.63) is 112 Å². The van der Waals surface area contributed by atoms with E-state index in [0.717, 1.165) is 21.3 Å². The maximum atomic E-state index is 13.0. The van der Waals surface area contributed by atoms with Gasteiger partial charge in [-0.15, -0.1) is 0 Å². The Bertz CT molecular complexity index is 1190. The Balaban J connectivity index is 1.37. The van der Waals surface area contributed by atoms with Gasteiger partial charge < -0.3 is 10.1 Å². The lowest BCUT2D eigenvalue weighted by Gasteiger charge is -2.09. The third kappa shape index (κ3) is 5.58. The molecule has 0 saturated heterocycles. The van der Waals surface area contributed by atoms with E-state index in [1.807, 2.05) is 36.4 Å². The number of hydrogen-bond donors (Lipinski definition) is 1. The molecule has 0 atom stereocenters. The molecule has 0 bridgehead atoms. The zero-order valence-corrected chi connectivity index (χ0v) is 18.0. The lowest BCUT2D eigenvalue weighted by atomic mass is 10.1. The summed E-state index contributed by atoms with van der Waals surface area (Å²) < 4.78 is 21.4. The SMILES string of the molecule is O=C(Nc1ccn(Cc2ccc(F)cc2)n1)c1cccc(COc2ccccc2Br)c1. The van der Waals surface area contributed by atoms with E-state index in [1.54, 1.807) is 41.2 Å². The van der Waals surface area contributed by atoms with Crippen LogP contribution in [-0.4, -0.2) is 15.7 Å². The summed E-state index contributed by atoms with van der Waals surface area (Å²) in [4.78, 5) is 12.6. The number of hydrogen-bond acceptors (Lipinski definition) is 3. The number of nitrogens with one attached hydrogen (secondary N) is 1. The van der Waals surface area contributed by atoms with Gasteiger partial charge in [-0.25, -0.2) is 4.39 Å². The highest BCUT2D eigenvalue weighted by molar-refractivity contribution is 9.10. The van der Waals surface area contributed by atoms with Crippen molar-refractivity contribution in [3.8, 4) is 5.75 Å². The standard InChI is InChI=1S/C24H19BrFN3O2/c25-21-6-1-2-7-22(21)31-16-18-4-3-5-19(14-18)24(30)27-23-12-13-29(28-23)15-17-8-10-20(26)11-9-17/h1-14H,15-16H2,(H,27,28,30). The number of ether oxygens (including phenoxy) is 1. The van der Waals surface area contributed by atoms with Gasteiger partial charge in [-0.2, -0.15) is 5.10 Å². The number of nitrogens with zero attached hydrogens (tertiary/aromatic N) is 2. The molecule has 0 radical (unpaired) electrons. The number of anilines is 1. The Morgan fingerprint density at radius 2 is 1.81 bits per heavy atom. The summed E-state index contributed by atoms with van der Waals surface area (Å²) >= 11 is 3.46. The summed E-state index contributed by atoms with van der Waals surface area (Å²) in [6.45, 7) is 0.827. The first-order chi connectivity index (χ1) is 15.1. The first kappa shape index (κ1) is 20.8. The van der Waals surface area contributed by atoms with Crippen LogP contribution in [-0.2, 0) is 13.2 Å². The molecule has 156 valence electrons. The van der Waals surface area contributed by atoms with Crippen molar-refractivity contribution in [1.29, 1.82) is 0 Å². The molecule has 1 amide bonds. The number of aromatic nitrogens is 2. The molecule has 31 heavy (non-hydrogen) atoms. The van der Waals surface area contributed by atoms with E-state index in [0.29, 0.717) is 24.5 Å². The fraction of sp³-hybridized carbons (Fsp3) is 0.0833. The van der Waals surface area contributed by atoms with Crippen LogP contribution < -0.4 is 10.1 Å².